The Morgan fingerprint density at radius 2 is 1.79 bits per heavy atom. The lowest BCUT2D eigenvalue weighted by Gasteiger charge is -2.40. The Morgan fingerprint density at radius 1 is 1.03 bits per heavy atom. The summed E-state index contributed by atoms with van der Waals surface area (Å²) in [5.74, 6) is 0. The van der Waals surface area contributed by atoms with E-state index in [2.05, 4.69) is 9.88 Å². The number of fused-ring (bicyclic) bond motifs is 1. The van der Waals surface area contributed by atoms with Crippen LogP contribution < -0.4 is 0 Å². The van der Waals surface area contributed by atoms with Gasteiger partial charge in [0.2, 0.25) is 10.0 Å². The van der Waals surface area contributed by atoms with E-state index < -0.39 is 10.0 Å². The third kappa shape index (κ3) is 3.69. The number of ether oxygens (including phenoxy) is 1. The molecule has 1 saturated carbocycles. The van der Waals surface area contributed by atoms with Crippen molar-refractivity contribution >= 4 is 20.9 Å². The van der Waals surface area contributed by atoms with Gasteiger partial charge >= 0.3 is 0 Å². The van der Waals surface area contributed by atoms with Crippen LogP contribution in [0, 0.1) is 5.41 Å². The number of hydrogen-bond donors (Lipinski definition) is 0. The molecule has 29 heavy (non-hydrogen) atoms. The Bertz CT molecular complexity index is 980. The summed E-state index contributed by atoms with van der Waals surface area (Å²) in [5, 5.41) is 0.867. The maximum absolute atomic E-state index is 13.2. The topological polar surface area (TPSA) is 62.7 Å². The fraction of sp³-hybridized carbons (Fsp3) is 0.591. The smallest absolute Gasteiger partial charge is 0.244 e. The molecule has 1 unspecified atom stereocenters. The van der Waals surface area contributed by atoms with Gasteiger partial charge in [0.25, 0.3) is 0 Å². The monoisotopic (exact) mass is 415 g/mol. The number of para-hydroxylation sites is 1. The van der Waals surface area contributed by atoms with Crippen molar-refractivity contribution < 1.29 is 13.2 Å². The highest BCUT2D eigenvalue weighted by Gasteiger charge is 2.45. The van der Waals surface area contributed by atoms with Crippen LogP contribution in [-0.4, -0.2) is 68.0 Å². The number of morpholine rings is 1. The van der Waals surface area contributed by atoms with Gasteiger partial charge in [-0.3, -0.25) is 9.88 Å². The number of benzene rings is 1. The minimum atomic E-state index is -3.49. The summed E-state index contributed by atoms with van der Waals surface area (Å²) in [7, 11) is -3.49. The van der Waals surface area contributed by atoms with Crippen molar-refractivity contribution in [2.75, 3.05) is 39.4 Å². The number of piperidine rings is 1. The second-order valence-corrected chi connectivity index (χ2v) is 10.8. The molecule has 6 nitrogen and oxygen atoms in total. The minimum Gasteiger partial charge on any atom is -0.379 e. The molecule has 0 N–H and O–H groups in total. The molecule has 2 aromatic rings. The second-order valence-electron chi connectivity index (χ2n) is 8.81. The molecule has 5 rings (SSSR count). The van der Waals surface area contributed by atoms with Crippen LogP contribution in [0.3, 0.4) is 0 Å². The van der Waals surface area contributed by atoms with E-state index in [4.69, 9.17) is 4.74 Å². The quantitative estimate of drug-likeness (QED) is 0.771. The maximum Gasteiger partial charge on any atom is 0.244 e. The SMILES string of the molecule is O=S(=O)(c1cnc2ccccc2c1)N1CCC2(CCC(N3CCOCC3)C2)CC1. The fourth-order valence-electron chi connectivity index (χ4n) is 5.43. The predicted octanol–water partition coefficient (Wildman–Crippen LogP) is 2.89. The highest BCUT2D eigenvalue weighted by atomic mass is 32.2. The number of pyridine rings is 1. The van der Waals surface area contributed by atoms with Gasteiger partial charge in [0, 0.05) is 43.8 Å². The minimum absolute atomic E-state index is 0.310. The van der Waals surface area contributed by atoms with Crippen LogP contribution >= 0.6 is 0 Å². The molecule has 2 saturated heterocycles. The van der Waals surface area contributed by atoms with Crippen molar-refractivity contribution in [2.45, 2.75) is 43.0 Å². The Balaban J connectivity index is 1.27. The normalized spacial score (nSPS) is 26.3. The number of nitrogens with zero attached hydrogens (tertiary/aromatic N) is 3. The standard InChI is InChI=1S/C22H29N3O3S/c26-29(27,20-15-18-3-1-2-4-21(18)23-17-20)25-9-7-22(8-10-25)6-5-19(16-22)24-11-13-28-14-12-24/h1-4,15,17,19H,5-14,16H2. The van der Waals surface area contributed by atoms with Gasteiger partial charge in [0.05, 0.1) is 18.7 Å². The molecular weight excluding hydrogens is 386 g/mol. The number of aromatic nitrogens is 1. The lowest BCUT2D eigenvalue weighted by Crippen LogP contribution is -2.45. The lowest BCUT2D eigenvalue weighted by molar-refractivity contribution is 0.0137. The van der Waals surface area contributed by atoms with Gasteiger partial charge in [0.15, 0.2) is 0 Å². The van der Waals surface area contributed by atoms with Crippen molar-refractivity contribution in [1.29, 1.82) is 0 Å². The molecule has 1 spiro atoms. The molecule has 0 radical (unpaired) electrons. The number of hydrogen-bond acceptors (Lipinski definition) is 5. The van der Waals surface area contributed by atoms with Crippen LogP contribution in [-0.2, 0) is 14.8 Å². The summed E-state index contributed by atoms with van der Waals surface area (Å²) in [6, 6.07) is 10.0. The zero-order valence-corrected chi connectivity index (χ0v) is 17.6. The van der Waals surface area contributed by atoms with Crippen LogP contribution in [0.5, 0.6) is 0 Å². The van der Waals surface area contributed by atoms with Crippen molar-refractivity contribution in [1.82, 2.24) is 14.2 Å². The highest BCUT2D eigenvalue weighted by Crippen LogP contribution is 2.48. The lowest BCUT2D eigenvalue weighted by atomic mass is 9.77. The first-order valence-electron chi connectivity index (χ1n) is 10.7. The molecule has 156 valence electrons. The van der Waals surface area contributed by atoms with Crippen LogP contribution in [0.4, 0.5) is 0 Å². The highest BCUT2D eigenvalue weighted by molar-refractivity contribution is 7.89. The molecule has 0 amide bonds. The van der Waals surface area contributed by atoms with Gasteiger partial charge in [-0.2, -0.15) is 4.31 Å². The largest absolute Gasteiger partial charge is 0.379 e. The Hall–Kier alpha value is -1.54. The Kier molecular flexibility index (Phi) is 5.10. The molecule has 0 bridgehead atoms. The summed E-state index contributed by atoms with van der Waals surface area (Å²) in [6.07, 6.45) is 7.11. The molecule has 1 aromatic heterocycles. The third-order valence-electron chi connectivity index (χ3n) is 7.22. The summed E-state index contributed by atoms with van der Waals surface area (Å²) in [5.41, 5.74) is 1.14. The first-order chi connectivity index (χ1) is 14.1. The molecule has 2 aliphatic heterocycles. The van der Waals surface area contributed by atoms with Crippen LogP contribution in [0.2, 0.25) is 0 Å². The molecule has 7 heteroatoms. The molecule has 1 aromatic carbocycles. The fourth-order valence-corrected chi connectivity index (χ4v) is 6.85. The molecular formula is C22H29N3O3S. The van der Waals surface area contributed by atoms with E-state index in [0.717, 1.165) is 50.0 Å². The Morgan fingerprint density at radius 3 is 2.59 bits per heavy atom. The van der Waals surface area contributed by atoms with Crippen molar-refractivity contribution in [3.63, 3.8) is 0 Å². The van der Waals surface area contributed by atoms with E-state index >= 15 is 0 Å². The zero-order chi connectivity index (χ0) is 19.9. The predicted molar refractivity (Wildman–Crippen MR) is 112 cm³/mol. The van der Waals surface area contributed by atoms with Gasteiger partial charge < -0.3 is 4.74 Å². The van der Waals surface area contributed by atoms with Gasteiger partial charge in [-0.05, 0) is 49.7 Å². The second kappa shape index (κ2) is 7.61. The van der Waals surface area contributed by atoms with Gasteiger partial charge in [-0.1, -0.05) is 18.2 Å². The van der Waals surface area contributed by atoms with Crippen molar-refractivity contribution in [2.24, 2.45) is 5.41 Å². The van der Waals surface area contributed by atoms with E-state index in [-0.39, 0.29) is 0 Å². The summed E-state index contributed by atoms with van der Waals surface area (Å²) in [4.78, 5) is 7.25. The Labute approximate surface area is 172 Å². The van der Waals surface area contributed by atoms with E-state index in [9.17, 15) is 8.42 Å². The van der Waals surface area contributed by atoms with Gasteiger partial charge in [-0.15, -0.1) is 0 Å². The molecule has 3 heterocycles. The molecule has 1 atom stereocenters. The van der Waals surface area contributed by atoms with E-state index in [1.54, 1.807) is 10.4 Å². The van der Waals surface area contributed by atoms with Crippen LogP contribution in [0.15, 0.2) is 41.4 Å². The van der Waals surface area contributed by atoms with Gasteiger partial charge in [-0.25, -0.2) is 8.42 Å². The first kappa shape index (κ1) is 19.4. The summed E-state index contributed by atoms with van der Waals surface area (Å²) in [6.45, 7) is 4.99. The maximum atomic E-state index is 13.2. The third-order valence-corrected chi connectivity index (χ3v) is 9.09. The molecule has 3 fully saturated rings. The van der Waals surface area contributed by atoms with E-state index in [1.807, 2.05) is 24.3 Å². The zero-order valence-electron chi connectivity index (χ0n) is 16.8. The summed E-state index contributed by atoms with van der Waals surface area (Å²) >= 11 is 0. The average Bonchev–Trinajstić information content (AvgIpc) is 3.18. The van der Waals surface area contributed by atoms with Crippen LogP contribution in [0.25, 0.3) is 10.9 Å². The van der Waals surface area contributed by atoms with Crippen molar-refractivity contribution in [3.05, 3.63) is 36.5 Å². The number of sulfonamides is 1. The van der Waals surface area contributed by atoms with E-state index in [0.29, 0.717) is 29.4 Å². The van der Waals surface area contributed by atoms with Gasteiger partial charge in [0.1, 0.15) is 4.90 Å². The van der Waals surface area contributed by atoms with Crippen molar-refractivity contribution in [3.8, 4) is 0 Å². The summed E-state index contributed by atoms with van der Waals surface area (Å²) < 4.78 is 33.6. The average molecular weight is 416 g/mol. The van der Waals surface area contributed by atoms with E-state index in [1.165, 1.54) is 25.5 Å². The van der Waals surface area contributed by atoms with Crippen LogP contribution in [0.1, 0.15) is 32.1 Å². The first-order valence-corrected chi connectivity index (χ1v) is 12.2. The molecule has 3 aliphatic rings. The molecule has 1 aliphatic carbocycles. The number of rotatable bonds is 3.